The highest BCUT2D eigenvalue weighted by atomic mass is 32.1. The number of non-ortho nitro benzene ring substituents is 1. The summed E-state index contributed by atoms with van der Waals surface area (Å²) in [7, 11) is 3.82. The first-order chi connectivity index (χ1) is 17.7. The molecule has 0 bridgehead atoms. The molecule has 2 aromatic carbocycles. The molecule has 1 aliphatic heterocycles. The standard InChI is InChI=1S/C26H25N5O5S/c1-15-24(37-26-27-18-10-4-5-11-19(18)30(15)26)22(32)20-21(16-8-6-9-17(14-16)31(35)36)29(25(34)23(20)33)13-7-12-28(2)3/h4-6,8-11,14,21,33H,7,12-13H2,1-3H3. The summed E-state index contributed by atoms with van der Waals surface area (Å²) in [6, 6.07) is 12.5. The lowest BCUT2D eigenvalue weighted by Gasteiger charge is -2.27. The van der Waals surface area contributed by atoms with Gasteiger partial charge in [-0.2, -0.15) is 0 Å². The Labute approximate surface area is 216 Å². The van der Waals surface area contributed by atoms with Crippen molar-refractivity contribution in [3.63, 3.8) is 0 Å². The van der Waals surface area contributed by atoms with Crippen molar-refractivity contribution in [2.45, 2.75) is 19.4 Å². The van der Waals surface area contributed by atoms with Gasteiger partial charge in [-0.05, 0) is 51.7 Å². The molecule has 1 aliphatic rings. The van der Waals surface area contributed by atoms with Crippen LogP contribution in [-0.4, -0.2) is 68.1 Å². The summed E-state index contributed by atoms with van der Waals surface area (Å²) < 4.78 is 1.89. The van der Waals surface area contributed by atoms with E-state index in [-0.39, 0.29) is 17.8 Å². The van der Waals surface area contributed by atoms with E-state index in [4.69, 9.17) is 0 Å². The molecule has 3 heterocycles. The Kier molecular flexibility index (Phi) is 6.26. The number of para-hydroxylation sites is 2. The second-order valence-corrected chi connectivity index (χ2v) is 10.2. The first kappa shape index (κ1) is 24.6. The minimum Gasteiger partial charge on any atom is -0.503 e. The van der Waals surface area contributed by atoms with Gasteiger partial charge in [0, 0.05) is 24.4 Å². The van der Waals surface area contributed by atoms with Gasteiger partial charge < -0.3 is 14.9 Å². The van der Waals surface area contributed by atoms with Crippen LogP contribution in [0.3, 0.4) is 0 Å². The molecule has 2 aromatic heterocycles. The number of hydrogen-bond donors (Lipinski definition) is 1. The average molecular weight is 520 g/mol. The monoisotopic (exact) mass is 519 g/mol. The van der Waals surface area contributed by atoms with Crippen LogP contribution in [0.1, 0.15) is 33.4 Å². The molecule has 10 nitrogen and oxygen atoms in total. The highest BCUT2D eigenvalue weighted by Gasteiger charge is 2.44. The van der Waals surface area contributed by atoms with Crippen molar-refractivity contribution in [3.8, 4) is 0 Å². The molecular weight excluding hydrogens is 494 g/mol. The second-order valence-electron chi connectivity index (χ2n) is 9.24. The number of carbonyl (C=O) groups excluding carboxylic acids is 2. The van der Waals surface area contributed by atoms with Gasteiger partial charge in [-0.1, -0.05) is 35.6 Å². The number of imidazole rings is 1. The first-order valence-electron chi connectivity index (χ1n) is 11.7. The zero-order valence-corrected chi connectivity index (χ0v) is 21.4. The average Bonchev–Trinajstić information content (AvgIpc) is 3.48. The molecule has 0 fully saturated rings. The summed E-state index contributed by atoms with van der Waals surface area (Å²) in [5.41, 5.74) is 2.46. The van der Waals surface area contributed by atoms with Crippen molar-refractivity contribution in [1.29, 1.82) is 0 Å². The van der Waals surface area contributed by atoms with Crippen LogP contribution in [0.5, 0.6) is 0 Å². The minimum atomic E-state index is -0.951. The van der Waals surface area contributed by atoms with Crippen LogP contribution in [0.25, 0.3) is 16.0 Å². The van der Waals surface area contributed by atoms with E-state index in [0.717, 1.165) is 11.0 Å². The zero-order chi connectivity index (χ0) is 26.4. The number of aryl methyl sites for hydroxylation is 1. The minimum absolute atomic E-state index is 0.0766. The lowest BCUT2D eigenvalue weighted by molar-refractivity contribution is -0.384. The molecule has 1 atom stereocenters. The molecule has 0 aliphatic carbocycles. The van der Waals surface area contributed by atoms with Crippen LogP contribution in [0.15, 0.2) is 59.9 Å². The van der Waals surface area contributed by atoms with Gasteiger partial charge in [0.15, 0.2) is 10.7 Å². The number of nitro benzene ring substituents is 1. The number of ketones is 1. The van der Waals surface area contributed by atoms with Gasteiger partial charge in [-0.25, -0.2) is 4.98 Å². The van der Waals surface area contributed by atoms with Gasteiger partial charge in [0.25, 0.3) is 11.6 Å². The van der Waals surface area contributed by atoms with Crippen LogP contribution >= 0.6 is 11.3 Å². The summed E-state index contributed by atoms with van der Waals surface area (Å²) in [6.45, 7) is 2.75. The van der Waals surface area contributed by atoms with Gasteiger partial charge in [0.2, 0.25) is 5.78 Å². The zero-order valence-electron chi connectivity index (χ0n) is 20.5. The Balaban J connectivity index is 1.61. The molecule has 11 heteroatoms. The number of benzene rings is 2. The van der Waals surface area contributed by atoms with Crippen molar-refractivity contribution < 1.29 is 19.6 Å². The van der Waals surface area contributed by atoms with Gasteiger partial charge >= 0.3 is 0 Å². The highest BCUT2D eigenvalue weighted by Crippen LogP contribution is 2.41. The van der Waals surface area contributed by atoms with E-state index in [1.165, 1.54) is 34.4 Å². The topological polar surface area (TPSA) is 121 Å². The number of nitrogens with zero attached hydrogens (tertiary/aromatic N) is 5. The Morgan fingerprint density at radius 2 is 1.97 bits per heavy atom. The molecule has 190 valence electrons. The van der Waals surface area contributed by atoms with Crippen molar-refractivity contribution in [2.75, 3.05) is 27.2 Å². The Morgan fingerprint density at radius 3 is 2.70 bits per heavy atom. The number of hydrogen-bond acceptors (Lipinski definition) is 8. The maximum atomic E-state index is 14.0. The SMILES string of the molecule is Cc1c(C(=O)C2=C(O)C(=O)N(CCCN(C)C)C2c2cccc([N+](=O)[O-])c2)sc2nc3ccccc3n12. The molecule has 0 saturated heterocycles. The van der Waals surface area contributed by atoms with Crippen molar-refractivity contribution in [3.05, 3.63) is 86.1 Å². The molecule has 5 rings (SSSR count). The Hall–Kier alpha value is -4.09. The molecule has 4 aromatic rings. The fourth-order valence-electron chi connectivity index (χ4n) is 4.82. The van der Waals surface area contributed by atoms with Gasteiger partial charge in [0.1, 0.15) is 0 Å². The number of thiazole rings is 1. The van der Waals surface area contributed by atoms with Gasteiger partial charge in [0.05, 0.1) is 32.4 Å². The number of amides is 1. The summed E-state index contributed by atoms with van der Waals surface area (Å²) in [4.78, 5) is 47.1. The summed E-state index contributed by atoms with van der Waals surface area (Å²) in [6.07, 6.45) is 0.594. The van der Waals surface area contributed by atoms with Crippen LogP contribution < -0.4 is 0 Å². The van der Waals surface area contributed by atoms with Crippen molar-refractivity contribution in [2.24, 2.45) is 0 Å². The van der Waals surface area contributed by atoms with Crippen molar-refractivity contribution >= 4 is 44.7 Å². The smallest absolute Gasteiger partial charge is 0.290 e. The van der Waals surface area contributed by atoms with Gasteiger partial charge in [-0.15, -0.1) is 0 Å². The molecule has 1 N–H and O–H groups in total. The van der Waals surface area contributed by atoms with Crippen LogP contribution in [0, 0.1) is 17.0 Å². The molecule has 0 radical (unpaired) electrons. The van der Waals surface area contributed by atoms with Crippen molar-refractivity contribution in [1.82, 2.24) is 19.2 Å². The number of aliphatic hydroxyl groups is 1. The number of aromatic nitrogens is 2. The normalized spacial score (nSPS) is 16.1. The van der Waals surface area contributed by atoms with Crippen LogP contribution in [-0.2, 0) is 4.79 Å². The third-order valence-electron chi connectivity index (χ3n) is 6.54. The molecular formula is C26H25N5O5S. The number of nitro groups is 1. The summed E-state index contributed by atoms with van der Waals surface area (Å²) >= 11 is 1.19. The van der Waals surface area contributed by atoms with E-state index < -0.39 is 28.4 Å². The first-order valence-corrected chi connectivity index (χ1v) is 12.5. The Morgan fingerprint density at radius 1 is 1.22 bits per heavy atom. The van der Waals surface area contributed by atoms with E-state index >= 15 is 0 Å². The van der Waals surface area contributed by atoms with E-state index in [1.807, 2.05) is 47.7 Å². The number of rotatable bonds is 8. The highest BCUT2D eigenvalue weighted by molar-refractivity contribution is 7.19. The van der Waals surface area contributed by atoms with Crippen LogP contribution in [0.4, 0.5) is 5.69 Å². The second kappa shape index (κ2) is 9.41. The van der Waals surface area contributed by atoms with Crippen LogP contribution in [0.2, 0.25) is 0 Å². The van der Waals surface area contributed by atoms with E-state index in [2.05, 4.69) is 4.98 Å². The maximum absolute atomic E-state index is 14.0. The third kappa shape index (κ3) is 4.15. The Bertz CT molecular complexity index is 1600. The predicted molar refractivity (Wildman–Crippen MR) is 140 cm³/mol. The lowest BCUT2D eigenvalue weighted by Crippen LogP contribution is -2.33. The fourth-order valence-corrected chi connectivity index (χ4v) is 5.92. The maximum Gasteiger partial charge on any atom is 0.290 e. The molecule has 0 saturated carbocycles. The third-order valence-corrected chi connectivity index (χ3v) is 7.68. The van der Waals surface area contributed by atoms with E-state index in [0.29, 0.717) is 34.1 Å². The number of Topliss-reactive ketones (excluding diaryl/α,β-unsaturated/α-hetero) is 1. The summed E-state index contributed by atoms with van der Waals surface area (Å²) in [5, 5.41) is 22.4. The quantitative estimate of drug-likeness (QED) is 0.209. The largest absolute Gasteiger partial charge is 0.503 e. The summed E-state index contributed by atoms with van der Waals surface area (Å²) in [5.74, 6) is -1.78. The fraction of sp³-hybridized carbons (Fsp3) is 0.269. The number of fused-ring (bicyclic) bond motifs is 3. The lowest BCUT2D eigenvalue weighted by atomic mass is 9.94. The molecule has 37 heavy (non-hydrogen) atoms. The predicted octanol–water partition coefficient (Wildman–Crippen LogP) is 4.30. The molecule has 1 unspecified atom stereocenters. The number of aliphatic hydroxyl groups excluding tert-OH is 1. The van der Waals surface area contributed by atoms with E-state index in [1.54, 1.807) is 13.0 Å². The number of carbonyl (C=O) groups is 2. The molecule has 1 amide bonds. The molecule has 0 spiro atoms. The van der Waals surface area contributed by atoms with E-state index in [9.17, 15) is 24.8 Å². The van der Waals surface area contributed by atoms with Gasteiger partial charge in [-0.3, -0.25) is 24.1 Å².